The number of aryl methyl sites for hydroxylation is 2. The lowest BCUT2D eigenvalue weighted by Gasteiger charge is -2.36. The van der Waals surface area contributed by atoms with Gasteiger partial charge in [-0.25, -0.2) is 0 Å². The SMILES string of the molecule is Cc1ccc(CCC2CCN(C(=O)C3(C)CCNC3)CC2)cc1.Cl. The van der Waals surface area contributed by atoms with Gasteiger partial charge in [0, 0.05) is 19.6 Å². The van der Waals surface area contributed by atoms with Gasteiger partial charge in [0.15, 0.2) is 0 Å². The fourth-order valence-corrected chi connectivity index (χ4v) is 3.93. The molecule has 2 heterocycles. The maximum absolute atomic E-state index is 12.7. The quantitative estimate of drug-likeness (QED) is 0.900. The highest BCUT2D eigenvalue weighted by atomic mass is 35.5. The molecule has 1 unspecified atom stereocenters. The van der Waals surface area contributed by atoms with Gasteiger partial charge in [-0.3, -0.25) is 4.79 Å². The molecule has 2 aliphatic rings. The number of hydrogen-bond donors (Lipinski definition) is 1. The molecule has 1 aromatic rings. The summed E-state index contributed by atoms with van der Waals surface area (Å²) in [5.74, 6) is 1.15. The number of carbonyl (C=O) groups excluding carboxylic acids is 1. The first kappa shape index (κ1) is 19.3. The standard InChI is InChI=1S/C20H30N2O.ClH/c1-16-3-5-17(6-4-16)7-8-18-9-13-22(14-10-18)19(23)20(2)11-12-21-15-20;/h3-6,18,21H,7-15H2,1-2H3;1H. The maximum Gasteiger partial charge on any atom is 0.229 e. The van der Waals surface area contributed by atoms with E-state index < -0.39 is 0 Å². The van der Waals surface area contributed by atoms with Gasteiger partial charge in [0.1, 0.15) is 0 Å². The number of nitrogens with one attached hydrogen (secondary N) is 1. The lowest BCUT2D eigenvalue weighted by atomic mass is 9.85. The van der Waals surface area contributed by atoms with Crippen LogP contribution in [0.15, 0.2) is 24.3 Å². The minimum atomic E-state index is -0.158. The van der Waals surface area contributed by atoms with E-state index in [9.17, 15) is 4.79 Å². The molecule has 3 rings (SSSR count). The molecular formula is C20H31ClN2O. The molecule has 0 radical (unpaired) electrons. The van der Waals surface area contributed by atoms with Crippen molar-refractivity contribution < 1.29 is 4.79 Å². The molecule has 0 bridgehead atoms. The number of benzene rings is 1. The van der Waals surface area contributed by atoms with Gasteiger partial charge in [-0.2, -0.15) is 0 Å². The second kappa shape index (κ2) is 8.35. The Morgan fingerprint density at radius 3 is 2.50 bits per heavy atom. The number of piperidine rings is 1. The molecule has 0 saturated carbocycles. The topological polar surface area (TPSA) is 32.3 Å². The summed E-state index contributed by atoms with van der Waals surface area (Å²) in [5, 5.41) is 3.34. The minimum absolute atomic E-state index is 0. The predicted octanol–water partition coefficient (Wildman–Crippen LogP) is 3.59. The molecule has 2 fully saturated rings. The average molecular weight is 351 g/mol. The van der Waals surface area contributed by atoms with Crippen LogP contribution in [0.4, 0.5) is 0 Å². The molecule has 0 aromatic heterocycles. The van der Waals surface area contributed by atoms with E-state index >= 15 is 0 Å². The summed E-state index contributed by atoms with van der Waals surface area (Å²) in [5.41, 5.74) is 2.61. The number of likely N-dealkylation sites (tertiary alicyclic amines) is 1. The summed E-state index contributed by atoms with van der Waals surface area (Å²) in [4.78, 5) is 14.8. The van der Waals surface area contributed by atoms with Crippen LogP contribution >= 0.6 is 12.4 Å². The summed E-state index contributed by atoms with van der Waals surface area (Å²) in [6.07, 6.45) is 5.74. The Kier molecular flexibility index (Phi) is 6.70. The molecule has 1 amide bonds. The third-order valence-electron chi connectivity index (χ3n) is 5.75. The smallest absolute Gasteiger partial charge is 0.229 e. The minimum Gasteiger partial charge on any atom is -0.342 e. The van der Waals surface area contributed by atoms with Gasteiger partial charge in [-0.1, -0.05) is 29.8 Å². The molecule has 134 valence electrons. The van der Waals surface area contributed by atoms with Crippen LogP contribution < -0.4 is 5.32 Å². The zero-order valence-corrected chi connectivity index (χ0v) is 15.8. The molecule has 0 spiro atoms. The Balaban J connectivity index is 0.00000208. The highest BCUT2D eigenvalue weighted by Gasteiger charge is 2.39. The van der Waals surface area contributed by atoms with Crippen molar-refractivity contribution in [1.82, 2.24) is 10.2 Å². The Labute approximate surface area is 152 Å². The van der Waals surface area contributed by atoms with E-state index in [4.69, 9.17) is 0 Å². The summed E-state index contributed by atoms with van der Waals surface area (Å²) >= 11 is 0. The van der Waals surface area contributed by atoms with Crippen molar-refractivity contribution >= 4 is 18.3 Å². The van der Waals surface area contributed by atoms with E-state index in [1.54, 1.807) is 0 Å². The molecule has 1 atom stereocenters. The molecular weight excluding hydrogens is 320 g/mol. The fourth-order valence-electron chi connectivity index (χ4n) is 3.93. The third kappa shape index (κ3) is 4.52. The first-order valence-corrected chi connectivity index (χ1v) is 9.12. The number of halogens is 1. The molecule has 24 heavy (non-hydrogen) atoms. The van der Waals surface area contributed by atoms with Crippen LogP contribution in [-0.4, -0.2) is 37.0 Å². The first-order chi connectivity index (χ1) is 11.1. The summed E-state index contributed by atoms with van der Waals surface area (Å²) in [6, 6.07) is 8.91. The van der Waals surface area contributed by atoms with Crippen LogP contribution in [-0.2, 0) is 11.2 Å². The average Bonchev–Trinajstić information content (AvgIpc) is 3.02. The zero-order chi connectivity index (χ0) is 16.3. The Morgan fingerprint density at radius 2 is 1.92 bits per heavy atom. The molecule has 2 aliphatic heterocycles. The van der Waals surface area contributed by atoms with E-state index in [2.05, 4.69) is 48.3 Å². The lowest BCUT2D eigenvalue weighted by molar-refractivity contribution is -0.141. The van der Waals surface area contributed by atoms with Crippen LogP contribution in [0.1, 0.15) is 43.7 Å². The van der Waals surface area contributed by atoms with Crippen molar-refractivity contribution in [2.24, 2.45) is 11.3 Å². The lowest BCUT2D eigenvalue weighted by Crippen LogP contribution is -2.47. The van der Waals surface area contributed by atoms with Crippen molar-refractivity contribution in [3.8, 4) is 0 Å². The van der Waals surface area contributed by atoms with Crippen molar-refractivity contribution in [3.05, 3.63) is 35.4 Å². The number of amides is 1. The van der Waals surface area contributed by atoms with Crippen LogP contribution in [0.2, 0.25) is 0 Å². The maximum atomic E-state index is 12.7. The monoisotopic (exact) mass is 350 g/mol. The Hall–Kier alpha value is -1.06. The summed E-state index contributed by atoms with van der Waals surface area (Å²) in [7, 11) is 0. The highest BCUT2D eigenvalue weighted by molar-refractivity contribution is 5.85. The highest BCUT2D eigenvalue weighted by Crippen LogP contribution is 2.30. The summed E-state index contributed by atoms with van der Waals surface area (Å²) < 4.78 is 0. The molecule has 3 nitrogen and oxygen atoms in total. The van der Waals surface area contributed by atoms with Crippen molar-refractivity contribution in [3.63, 3.8) is 0 Å². The van der Waals surface area contributed by atoms with Gasteiger partial charge in [0.25, 0.3) is 0 Å². The van der Waals surface area contributed by atoms with E-state index in [0.29, 0.717) is 5.91 Å². The van der Waals surface area contributed by atoms with E-state index in [-0.39, 0.29) is 17.8 Å². The molecule has 1 aromatic carbocycles. The van der Waals surface area contributed by atoms with Crippen molar-refractivity contribution in [2.45, 2.75) is 46.0 Å². The fraction of sp³-hybridized carbons (Fsp3) is 0.650. The second-order valence-corrected chi connectivity index (χ2v) is 7.75. The molecule has 0 aliphatic carbocycles. The van der Waals surface area contributed by atoms with Gasteiger partial charge in [-0.15, -0.1) is 12.4 Å². The van der Waals surface area contributed by atoms with Crippen molar-refractivity contribution in [2.75, 3.05) is 26.2 Å². The zero-order valence-electron chi connectivity index (χ0n) is 15.0. The molecule has 4 heteroatoms. The van der Waals surface area contributed by atoms with Crippen LogP contribution in [0, 0.1) is 18.3 Å². The molecule has 2 saturated heterocycles. The van der Waals surface area contributed by atoms with E-state index in [1.807, 2.05) is 0 Å². The van der Waals surface area contributed by atoms with E-state index in [0.717, 1.165) is 38.5 Å². The van der Waals surface area contributed by atoms with Gasteiger partial charge >= 0.3 is 0 Å². The predicted molar refractivity (Wildman–Crippen MR) is 102 cm³/mol. The normalized spacial score (nSPS) is 24.7. The second-order valence-electron chi connectivity index (χ2n) is 7.75. The van der Waals surface area contributed by atoms with Gasteiger partial charge in [0.05, 0.1) is 5.41 Å². The number of nitrogens with zero attached hydrogens (tertiary/aromatic N) is 1. The van der Waals surface area contributed by atoms with Gasteiger partial charge in [0.2, 0.25) is 5.91 Å². The third-order valence-corrected chi connectivity index (χ3v) is 5.75. The first-order valence-electron chi connectivity index (χ1n) is 9.12. The van der Waals surface area contributed by atoms with Crippen LogP contribution in [0.3, 0.4) is 0 Å². The summed E-state index contributed by atoms with van der Waals surface area (Å²) in [6.45, 7) is 7.99. The van der Waals surface area contributed by atoms with Crippen LogP contribution in [0.25, 0.3) is 0 Å². The molecule has 1 N–H and O–H groups in total. The van der Waals surface area contributed by atoms with Crippen molar-refractivity contribution in [1.29, 1.82) is 0 Å². The van der Waals surface area contributed by atoms with Gasteiger partial charge < -0.3 is 10.2 Å². The number of hydrogen-bond acceptors (Lipinski definition) is 2. The number of carbonyl (C=O) groups is 1. The van der Waals surface area contributed by atoms with E-state index in [1.165, 1.54) is 36.8 Å². The number of rotatable bonds is 4. The Bertz CT molecular complexity index is 529. The Morgan fingerprint density at radius 1 is 1.25 bits per heavy atom. The van der Waals surface area contributed by atoms with Crippen LogP contribution in [0.5, 0.6) is 0 Å². The largest absolute Gasteiger partial charge is 0.342 e. The van der Waals surface area contributed by atoms with Gasteiger partial charge in [-0.05, 0) is 64.0 Å².